The van der Waals surface area contributed by atoms with E-state index in [9.17, 15) is 9.18 Å². The second-order valence-electron chi connectivity index (χ2n) is 5.33. The molecule has 0 spiro atoms. The lowest BCUT2D eigenvalue weighted by molar-refractivity contribution is -0.121. The van der Waals surface area contributed by atoms with Gasteiger partial charge in [-0.1, -0.05) is 24.3 Å². The molecule has 0 atom stereocenters. The van der Waals surface area contributed by atoms with Crippen LogP contribution in [0.15, 0.2) is 42.5 Å². The lowest BCUT2D eigenvalue weighted by atomic mass is 10.1. The number of rotatable bonds is 7. The maximum Gasteiger partial charge on any atom is 0.220 e. The van der Waals surface area contributed by atoms with Crippen molar-refractivity contribution in [3.8, 4) is 0 Å². The van der Waals surface area contributed by atoms with E-state index < -0.39 is 0 Å². The Morgan fingerprint density at radius 3 is 2.67 bits per heavy atom. The van der Waals surface area contributed by atoms with Gasteiger partial charge in [0.2, 0.25) is 5.91 Å². The number of hydrogen-bond acceptors (Lipinski definition) is 3. The normalized spacial score (nSPS) is 10.1. The van der Waals surface area contributed by atoms with Gasteiger partial charge in [-0.15, -0.1) is 12.4 Å². The first-order chi connectivity index (χ1) is 11.1. The predicted octanol–water partition coefficient (Wildman–Crippen LogP) is 3.23. The highest BCUT2D eigenvalue weighted by atomic mass is 35.5. The predicted molar refractivity (Wildman–Crippen MR) is 95.4 cm³/mol. The SMILES string of the molecule is COCc1cc(CNC(=O)CCc2ccccc2N)ccc1F.Cl. The minimum absolute atomic E-state index is 0. The third kappa shape index (κ3) is 5.83. The number of methoxy groups -OCH3 is 1. The van der Waals surface area contributed by atoms with Crippen molar-refractivity contribution < 1.29 is 13.9 Å². The van der Waals surface area contributed by atoms with Crippen LogP contribution in [0.2, 0.25) is 0 Å². The zero-order chi connectivity index (χ0) is 16.7. The smallest absolute Gasteiger partial charge is 0.220 e. The standard InChI is InChI=1S/C18H21FN2O2.ClH/c1-23-12-15-10-13(6-8-16(15)19)11-21-18(22)9-7-14-4-2-3-5-17(14)20;/h2-6,8,10H,7,9,11-12,20H2,1H3,(H,21,22);1H. The molecule has 6 heteroatoms. The Balaban J connectivity index is 0.00000288. The van der Waals surface area contributed by atoms with Crippen LogP contribution in [0, 0.1) is 5.82 Å². The molecule has 0 unspecified atom stereocenters. The lowest BCUT2D eigenvalue weighted by Gasteiger charge is -2.09. The van der Waals surface area contributed by atoms with Gasteiger partial charge in [0.25, 0.3) is 0 Å². The average Bonchev–Trinajstić information content (AvgIpc) is 2.55. The Morgan fingerprint density at radius 1 is 1.21 bits per heavy atom. The van der Waals surface area contributed by atoms with Crippen LogP contribution in [0.25, 0.3) is 0 Å². The number of hydrogen-bond donors (Lipinski definition) is 2. The summed E-state index contributed by atoms with van der Waals surface area (Å²) < 4.78 is 18.5. The Morgan fingerprint density at radius 2 is 1.96 bits per heavy atom. The second-order valence-corrected chi connectivity index (χ2v) is 5.33. The first-order valence-corrected chi connectivity index (χ1v) is 7.46. The van der Waals surface area contributed by atoms with Crippen molar-refractivity contribution in [1.82, 2.24) is 5.32 Å². The van der Waals surface area contributed by atoms with Crippen LogP contribution in [-0.4, -0.2) is 13.0 Å². The molecule has 3 N–H and O–H groups in total. The van der Waals surface area contributed by atoms with Crippen LogP contribution in [0.4, 0.5) is 10.1 Å². The second kappa shape index (κ2) is 9.90. The summed E-state index contributed by atoms with van der Waals surface area (Å²) in [6.07, 6.45) is 0.956. The summed E-state index contributed by atoms with van der Waals surface area (Å²) in [5, 5.41) is 2.83. The molecule has 0 saturated heterocycles. The number of nitrogens with one attached hydrogen (secondary N) is 1. The van der Waals surface area contributed by atoms with Crippen LogP contribution < -0.4 is 11.1 Å². The Hall–Kier alpha value is -2.11. The molecule has 2 aromatic carbocycles. The molecule has 0 heterocycles. The monoisotopic (exact) mass is 352 g/mol. The van der Waals surface area contributed by atoms with Crippen LogP contribution in [0.1, 0.15) is 23.1 Å². The number of carbonyl (C=O) groups excluding carboxylic acids is 1. The largest absolute Gasteiger partial charge is 0.399 e. The molecule has 1 amide bonds. The van der Waals surface area contributed by atoms with E-state index in [1.165, 1.54) is 13.2 Å². The number of halogens is 2. The first kappa shape index (κ1) is 19.9. The van der Waals surface area contributed by atoms with Gasteiger partial charge in [-0.05, 0) is 35.7 Å². The zero-order valence-corrected chi connectivity index (χ0v) is 14.4. The van der Waals surface area contributed by atoms with Gasteiger partial charge in [-0.3, -0.25) is 4.79 Å². The molecule has 0 fully saturated rings. The Kier molecular flexibility index (Phi) is 8.22. The molecule has 0 aliphatic heterocycles. The fourth-order valence-corrected chi connectivity index (χ4v) is 2.30. The quantitative estimate of drug-likeness (QED) is 0.752. The molecule has 0 bridgehead atoms. The number of carbonyl (C=O) groups is 1. The topological polar surface area (TPSA) is 64.3 Å². The van der Waals surface area contributed by atoms with Crippen LogP contribution in [0.3, 0.4) is 0 Å². The van der Waals surface area contributed by atoms with E-state index in [-0.39, 0.29) is 30.7 Å². The summed E-state index contributed by atoms with van der Waals surface area (Å²) in [5.74, 6) is -0.368. The highest BCUT2D eigenvalue weighted by molar-refractivity contribution is 5.85. The number of anilines is 1. The highest BCUT2D eigenvalue weighted by Crippen LogP contribution is 2.13. The molecule has 24 heavy (non-hydrogen) atoms. The zero-order valence-electron chi connectivity index (χ0n) is 13.5. The minimum atomic E-state index is -0.304. The van der Waals surface area contributed by atoms with E-state index >= 15 is 0 Å². The first-order valence-electron chi connectivity index (χ1n) is 7.46. The maximum atomic E-state index is 13.5. The van der Waals surface area contributed by atoms with Crippen molar-refractivity contribution in [2.75, 3.05) is 12.8 Å². The third-order valence-corrected chi connectivity index (χ3v) is 3.58. The van der Waals surface area contributed by atoms with E-state index in [4.69, 9.17) is 10.5 Å². The van der Waals surface area contributed by atoms with E-state index in [0.717, 1.165) is 11.1 Å². The number of para-hydroxylation sites is 1. The van der Waals surface area contributed by atoms with Gasteiger partial charge in [0.05, 0.1) is 6.61 Å². The summed E-state index contributed by atoms with van der Waals surface area (Å²) in [4.78, 5) is 11.9. The molecule has 4 nitrogen and oxygen atoms in total. The molecule has 0 radical (unpaired) electrons. The van der Waals surface area contributed by atoms with Gasteiger partial charge >= 0.3 is 0 Å². The number of nitrogen functional groups attached to an aromatic ring is 1. The third-order valence-electron chi connectivity index (χ3n) is 3.58. The van der Waals surface area contributed by atoms with E-state index in [2.05, 4.69) is 5.32 Å². The maximum absolute atomic E-state index is 13.5. The van der Waals surface area contributed by atoms with Gasteiger partial charge in [-0.2, -0.15) is 0 Å². The van der Waals surface area contributed by atoms with Crippen molar-refractivity contribution in [3.05, 3.63) is 65.0 Å². The molecule has 2 aromatic rings. The summed E-state index contributed by atoms with van der Waals surface area (Å²) in [5.41, 5.74) is 8.84. The van der Waals surface area contributed by atoms with Crippen molar-refractivity contribution in [2.24, 2.45) is 0 Å². The number of benzene rings is 2. The van der Waals surface area contributed by atoms with Crippen molar-refractivity contribution in [2.45, 2.75) is 26.0 Å². The van der Waals surface area contributed by atoms with Gasteiger partial charge in [0.15, 0.2) is 0 Å². The van der Waals surface area contributed by atoms with Gasteiger partial charge < -0.3 is 15.8 Å². The minimum Gasteiger partial charge on any atom is -0.399 e. The van der Waals surface area contributed by atoms with Gasteiger partial charge in [-0.25, -0.2) is 4.39 Å². The highest BCUT2D eigenvalue weighted by Gasteiger charge is 2.07. The molecular formula is C18H22ClFN2O2. The molecule has 0 saturated carbocycles. The van der Waals surface area contributed by atoms with Crippen molar-refractivity contribution in [3.63, 3.8) is 0 Å². The number of amides is 1. The van der Waals surface area contributed by atoms with Crippen LogP contribution in [-0.2, 0) is 29.1 Å². The number of aryl methyl sites for hydroxylation is 1. The fraction of sp³-hybridized carbons (Fsp3) is 0.278. The molecule has 0 aromatic heterocycles. The molecule has 0 aliphatic carbocycles. The van der Waals surface area contributed by atoms with E-state index in [0.29, 0.717) is 30.6 Å². The average molecular weight is 353 g/mol. The summed E-state index contributed by atoms with van der Waals surface area (Å²) in [6, 6.07) is 12.3. The molecule has 2 rings (SSSR count). The van der Waals surface area contributed by atoms with Gasteiger partial charge in [0.1, 0.15) is 5.82 Å². The molecular weight excluding hydrogens is 331 g/mol. The summed E-state index contributed by atoms with van der Waals surface area (Å²) in [6.45, 7) is 0.570. The van der Waals surface area contributed by atoms with E-state index in [1.54, 1.807) is 12.1 Å². The van der Waals surface area contributed by atoms with Crippen LogP contribution in [0.5, 0.6) is 0 Å². The molecule has 130 valence electrons. The van der Waals surface area contributed by atoms with Gasteiger partial charge in [0, 0.05) is 31.3 Å². The van der Waals surface area contributed by atoms with Crippen molar-refractivity contribution in [1.29, 1.82) is 0 Å². The summed E-state index contributed by atoms with van der Waals surface area (Å²) >= 11 is 0. The number of nitrogens with two attached hydrogens (primary N) is 1. The fourth-order valence-electron chi connectivity index (χ4n) is 2.30. The van der Waals surface area contributed by atoms with E-state index in [1.807, 2.05) is 24.3 Å². The Labute approximate surface area is 147 Å². The lowest BCUT2D eigenvalue weighted by Crippen LogP contribution is -2.23. The Bertz CT molecular complexity index is 680. The molecule has 0 aliphatic rings. The van der Waals surface area contributed by atoms with Crippen LogP contribution >= 0.6 is 12.4 Å². The van der Waals surface area contributed by atoms with Crippen molar-refractivity contribution >= 4 is 24.0 Å². The summed E-state index contributed by atoms with van der Waals surface area (Å²) in [7, 11) is 1.52. The number of ether oxygens (including phenoxy) is 1.